The van der Waals surface area contributed by atoms with Gasteiger partial charge in [-0.2, -0.15) is 0 Å². The van der Waals surface area contributed by atoms with Gasteiger partial charge in [0.25, 0.3) is 0 Å². The molecule has 1 heteroatoms. The van der Waals surface area contributed by atoms with Crippen LogP contribution in [0.5, 0.6) is 0 Å². The molecule has 0 saturated heterocycles. The number of hydrogen-bond acceptors (Lipinski definition) is 1. The molecule has 2 aromatic rings. The molecule has 0 aliphatic heterocycles. The van der Waals surface area contributed by atoms with Crippen molar-refractivity contribution < 1.29 is 4.79 Å². The van der Waals surface area contributed by atoms with Crippen LogP contribution in [0, 0.1) is 67.2 Å². The molecule has 1 nitrogen and oxygen atoms in total. The van der Waals surface area contributed by atoms with E-state index < -0.39 is 0 Å². The summed E-state index contributed by atoms with van der Waals surface area (Å²) in [5.74, 6) is 2.48. The van der Waals surface area contributed by atoms with Crippen LogP contribution in [0.1, 0.15) is 126 Å². The van der Waals surface area contributed by atoms with E-state index in [1.54, 1.807) is 11.1 Å². The van der Waals surface area contributed by atoms with Crippen LogP contribution in [0.15, 0.2) is 0 Å². The minimum absolute atomic E-state index is 0.274. The first-order chi connectivity index (χ1) is 16.6. The highest BCUT2D eigenvalue weighted by molar-refractivity contribution is 5.82. The molecule has 0 bridgehead atoms. The lowest BCUT2D eigenvalue weighted by molar-refractivity contribution is -0.111. The predicted octanol–water partition coefficient (Wildman–Crippen LogP) is 9.59. The summed E-state index contributed by atoms with van der Waals surface area (Å²) < 4.78 is 0. The first-order valence-electron chi connectivity index (χ1n) is 14.2. The Morgan fingerprint density at radius 1 is 0.486 bits per heavy atom. The Morgan fingerprint density at radius 2 is 0.800 bits per heavy atom. The first-order valence-corrected chi connectivity index (χ1v) is 14.2. The summed E-state index contributed by atoms with van der Waals surface area (Å²) in [5, 5.41) is 0. The molecule has 2 aromatic carbocycles. The van der Waals surface area contributed by atoms with Crippen molar-refractivity contribution in [3.05, 3.63) is 55.6 Å². The van der Waals surface area contributed by atoms with Gasteiger partial charge in [-0.3, -0.25) is 0 Å². The molecule has 0 aromatic heterocycles. The normalized spacial score (nSPS) is 25.1. The minimum atomic E-state index is 0.274. The molecule has 0 heterocycles. The first kappa shape index (κ1) is 26.2. The topological polar surface area (TPSA) is 17.1 Å². The van der Waals surface area contributed by atoms with Crippen molar-refractivity contribution in [2.45, 2.75) is 126 Å². The molecule has 2 aliphatic rings. The number of rotatable bonds is 4. The maximum atomic E-state index is 11.3. The highest BCUT2D eigenvalue weighted by Gasteiger charge is 2.29. The van der Waals surface area contributed by atoms with Crippen molar-refractivity contribution in [2.75, 3.05) is 0 Å². The fourth-order valence-electron chi connectivity index (χ4n) is 7.75. The molecule has 2 aliphatic carbocycles. The smallest absolute Gasteiger partial charge is 0.123 e. The highest BCUT2D eigenvalue weighted by atomic mass is 16.1. The maximum Gasteiger partial charge on any atom is 0.123 e. The largest absolute Gasteiger partial charge is 0.303 e. The summed E-state index contributed by atoms with van der Waals surface area (Å²) in [7, 11) is 0. The van der Waals surface area contributed by atoms with E-state index in [1.807, 2.05) is 0 Å². The molecule has 0 amide bonds. The molecule has 4 rings (SSSR count). The lowest BCUT2D eigenvalue weighted by Crippen LogP contribution is -2.17. The zero-order valence-corrected chi connectivity index (χ0v) is 24.0. The SMILES string of the molecule is Cc1c(C)c(C2CCC(C)CC2)c(C)c(C)c1-c1c(C)c(C)c(C2CCC(C=O)CC2)c(C)c1C. The van der Waals surface area contributed by atoms with E-state index >= 15 is 0 Å². The van der Waals surface area contributed by atoms with Crippen molar-refractivity contribution >= 4 is 6.29 Å². The molecular formula is C34H48O. The molecule has 190 valence electrons. The van der Waals surface area contributed by atoms with Crippen molar-refractivity contribution in [1.29, 1.82) is 0 Å². The number of hydrogen-bond donors (Lipinski definition) is 0. The Hall–Kier alpha value is -1.89. The Bertz CT molecular complexity index is 1060. The van der Waals surface area contributed by atoms with Gasteiger partial charge < -0.3 is 4.79 Å². The number of aldehydes is 1. The average molecular weight is 473 g/mol. The quantitative estimate of drug-likeness (QED) is 0.405. The van der Waals surface area contributed by atoms with E-state index in [0.29, 0.717) is 5.92 Å². The van der Waals surface area contributed by atoms with E-state index in [9.17, 15) is 4.79 Å². The predicted molar refractivity (Wildman–Crippen MR) is 151 cm³/mol. The molecule has 0 N–H and O–H groups in total. The van der Waals surface area contributed by atoms with E-state index in [4.69, 9.17) is 0 Å². The summed E-state index contributed by atoms with van der Waals surface area (Å²) in [6, 6.07) is 0. The second kappa shape index (κ2) is 10.2. The summed E-state index contributed by atoms with van der Waals surface area (Å²) in [6.07, 6.45) is 11.0. The van der Waals surface area contributed by atoms with Crippen LogP contribution in [0.25, 0.3) is 11.1 Å². The third kappa shape index (κ3) is 4.54. The number of carbonyl (C=O) groups excluding carboxylic acids is 1. The lowest BCUT2D eigenvalue weighted by atomic mass is 9.71. The number of benzene rings is 2. The fraction of sp³-hybridized carbons (Fsp3) is 0.618. The van der Waals surface area contributed by atoms with Gasteiger partial charge in [0.1, 0.15) is 6.29 Å². The van der Waals surface area contributed by atoms with E-state index in [0.717, 1.165) is 37.5 Å². The Morgan fingerprint density at radius 3 is 1.11 bits per heavy atom. The zero-order valence-electron chi connectivity index (χ0n) is 24.0. The van der Waals surface area contributed by atoms with Gasteiger partial charge in [0.05, 0.1) is 0 Å². The van der Waals surface area contributed by atoms with E-state index in [2.05, 4.69) is 62.3 Å². The summed E-state index contributed by atoms with van der Waals surface area (Å²) in [6.45, 7) is 21.4. The van der Waals surface area contributed by atoms with Crippen molar-refractivity contribution in [3.8, 4) is 11.1 Å². The molecule has 0 spiro atoms. The van der Waals surface area contributed by atoms with E-state index in [-0.39, 0.29) is 5.92 Å². The zero-order chi connectivity index (χ0) is 25.6. The average Bonchev–Trinajstić information content (AvgIpc) is 2.85. The molecule has 35 heavy (non-hydrogen) atoms. The molecule has 0 radical (unpaired) electrons. The molecule has 2 saturated carbocycles. The van der Waals surface area contributed by atoms with Crippen LogP contribution >= 0.6 is 0 Å². The maximum absolute atomic E-state index is 11.3. The van der Waals surface area contributed by atoms with Crippen LogP contribution in [-0.2, 0) is 4.79 Å². The van der Waals surface area contributed by atoms with E-state index in [1.165, 1.54) is 87.6 Å². The lowest BCUT2D eigenvalue weighted by Gasteiger charge is -2.33. The summed E-state index contributed by atoms with van der Waals surface area (Å²) in [4.78, 5) is 11.3. The fourth-order valence-corrected chi connectivity index (χ4v) is 7.75. The summed E-state index contributed by atoms with van der Waals surface area (Å²) >= 11 is 0. The van der Waals surface area contributed by atoms with Gasteiger partial charge in [-0.15, -0.1) is 0 Å². The van der Waals surface area contributed by atoms with Crippen molar-refractivity contribution in [1.82, 2.24) is 0 Å². The Kier molecular flexibility index (Phi) is 7.65. The summed E-state index contributed by atoms with van der Waals surface area (Å²) in [5.41, 5.74) is 18.1. The van der Waals surface area contributed by atoms with Crippen LogP contribution in [0.3, 0.4) is 0 Å². The van der Waals surface area contributed by atoms with Gasteiger partial charge in [0.2, 0.25) is 0 Å². The molecule has 0 unspecified atom stereocenters. The third-order valence-electron chi connectivity index (χ3n) is 10.4. The third-order valence-corrected chi connectivity index (χ3v) is 10.4. The standard InChI is InChI=1S/C34H48O/c1-19-10-14-29(15-11-19)31-20(2)24(6)33(25(7)21(31)3)34-26(8)22(4)32(23(5)27(34)9)30-16-12-28(18-35)13-17-30/h18-19,28-30H,10-17H2,1-9H3. The van der Waals surface area contributed by atoms with Crippen LogP contribution < -0.4 is 0 Å². The molecular weight excluding hydrogens is 424 g/mol. The second-order valence-electron chi connectivity index (χ2n) is 12.3. The Balaban J connectivity index is 1.83. The molecule has 0 atom stereocenters. The van der Waals surface area contributed by atoms with Crippen molar-refractivity contribution in [2.24, 2.45) is 11.8 Å². The minimum Gasteiger partial charge on any atom is -0.303 e. The van der Waals surface area contributed by atoms with Crippen LogP contribution in [0.4, 0.5) is 0 Å². The van der Waals surface area contributed by atoms with Gasteiger partial charge in [0.15, 0.2) is 0 Å². The monoisotopic (exact) mass is 472 g/mol. The van der Waals surface area contributed by atoms with Gasteiger partial charge >= 0.3 is 0 Å². The Labute approximate surface area is 215 Å². The molecule has 2 fully saturated rings. The van der Waals surface area contributed by atoms with Crippen LogP contribution in [-0.4, -0.2) is 6.29 Å². The number of carbonyl (C=O) groups is 1. The second-order valence-corrected chi connectivity index (χ2v) is 12.3. The van der Waals surface area contributed by atoms with Crippen LogP contribution in [0.2, 0.25) is 0 Å². The van der Waals surface area contributed by atoms with Gasteiger partial charge in [-0.05, 0) is 178 Å². The van der Waals surface area contributed by atoms with Gasteiger partial charge in [-0.1, -0.05) is 19.8 Å². The van der Waals surface area contributed by atoms with Crippen molar-refractivity contribution in [3.63, 3.8) is 0 Å². The van der Waals surface area contributed by atoms with Gasteiger partial charge in [0, 0.05) is 5.92 Å². The highest BCUT2D eigenvalue weighted by Crippen LogP contribution is 2.47. The van der Waals surface area contributed by atoms with Gasteiger partial charge in [-0.25, -0.2) is 0 Å².